The monoisotopic (exact) mass is 490 g/mol. The van der Waals surface area contributed by atoms with Crippen molar-refractivity contribution in [1.29, 1.82) is 0 Å². The molecule has 0 bridgehead atoms. The van der Waals surface area contributed by atoms with Gasteiger partial charge in [-0.3, -0.25) is 9.59 Å². The number of methoxy groups -OCH3 is 1. The average molecular weight is 491 g/mol. The number of nitrogens with zero attached hydrogens (tertiary/aromatic N) is 1. The van der Waals surface area contributed by atoms with E-state index >= 15 is 0 Å². The number of hydrogen-bond donors (Lipinski definition) is 3. The van der Waals surface area contributed by atoms with Crippen molar-refractivity contribution in [3.63, 3.8) is 0 Å². The summed E-state index contributed by atoms with van der Waals surface area (Å²) < 4.78 is 38.2. The van der Waals surface area contributed by atoms with Crippen LogP contribution in [0.2, 0.25) is 0 Å². The summed E-state index contributed by atoms with van der Waals surface area (Å²) in [5.74, 6) is -0.0855. The molecule has 0 aliphatic carbocycles. The van der Waals surface area contributed by atoms with Crippen LogP contribution in [0.15, 0.2) is 41.3 Å². The van der Waals surface area contributed by atoms with Crippen molar-refractivity contribution in [2.45, 2.75) is 31.7 Å². The fourth-order valence-corrected chi connectivity index (χ4v) is 5.19. The molecule has 184 valence electrons. The number of carbonyl (C=O) groups is 2. The summed E-state index contributed by atoms with van der Waals surface area (Å²) in [6, 6.07) is 9.16. The zero-order chi connectivity index (χ0) is 24.9. The highest BCUT2D eigenvalue weighted by atomic mass is 32.2. The van der Waals surface area contributed by atoms with Crippen molar-refractivity contribution >= 4 is 38.9 Å². The van der Waals surface area contributed by atoms with Crippen molar-refractivity contribution < 1.29 is 27.5 Å². The van der Waals surface area contributed by atoms with E-state index in [2.05, 4.69) is 16.0 Å². The Balaban J connectivity index is 1.76. The van der Waals surface area contributed by atoms with Gasteiger partial charge in [0.1, 0.15) is 11.8 Å². The van der Waals surface area contributed by atoms with Crippen LogP contribution >= 0.6 is 0 Å². The second-order valence-corrected chi connectivity index (χ2v) is 9.85. The number of aryl methyl sites for hydroxylation is 1. The van der Waals surface area contributed by atoms with E-state index < -0.39 is 16.1 Å². The number of ether oxygens (including phenoxy) is 2. The van der Waals surface area contributed by atoms with Crippen molar-refractivity contribution in [2.75, 3.05) is 49.4 Å². The van der Waals surface area contributed by atoms with Gasteiger partial charge in [-0.1, -0.05) is 6.07 Å². The number of rotatable bonds is 8. The maximum Gasteiger partial charge on any atom is 0.246 e. The Morgan fingerprint density at radius 2 is 1.71 bits per heavy atom. The number of amides is 2. The van der Waals surface area contributed by atoms with E-state index in [1.165, 1.54) is 24.4 Å². The van der Waals surface area contributed by atoms with Crippen LogP contribution < -0.4 is 20.7 Å². The first kappa shape index (κ1) is 25.5. The minimum absolute atomic E-state index is 0.150. The van der Waals surface area contributed by atoms with E-state index in [9.17, 15) is 18.0 Å². The Morgan fingerprint density at radius 1 is 1.06 bits per heavy atom. The van der Waals surface area contributed by atoms with Crippen LogP contribution in [0.25, 0.3) is 0 Å². The van der Waals surface area contributed by atoms with Crippen molar-refractivity contribution in [1.82, 2.24) is 4.31 Å². The Bertz CT molecular complexity index is 1160. The molecule has 0 radical (unpaired) electrons. The molecule has 1 atom stereocenters. The van der Waals surface area contributed by atoms with Gasteiger partial charge in [0, 0.05) is 31.4 Å². The molecular formula is C23H30N4O6S. The van der Waals surface area contributed by atoms with E-state index in [0.29, 0.717) is 54.7 Å². The molecule has 34 heavy (non-hydrogen) atoms. The zero-order valence-corrected chi connectivity index (χ0v) is 20.5. The minimum atomic E-state index is -3.71. The topological polar surface area (TPSA) is 126 Å². The summed E-state index contributed by atoms with van der Waals surface area (Å²) in [7, 11) is -2.20. The summed E-state index contributed by atoms with van der Waals surface area (Å²) in [5.41, 5.74) is 2.04. The lowest BCUT2D eigenvalue weighted by molar-refractivity contribution is -0.116. The first-order valence-electron chi connectivity index (χ1n) is 10.8. The van der Waals surface area contributed by atoms with Gasteiger partial charge in [0.15, 0.2) is 0 Å². The predicted molar refractivity (Wildman–Crippen MR) is 130 cm³/mol. The molecule has 1 unspecified atom stereocenters. The maximum atomic E-state index is 13.1. The molecule has 10 nitrogen and oxygen atoms in total. The highest BCUT2D eigenvalue weighted by Crippen LogP contribution is 2.29. The normalized spacial score (nSPS) is 15.3. The van der Waals surface area contributed by atoms with Gasteiger partial charge in [-0.05, 0) is 49.7 Å². The van der Waals surface area contributed by atoms with Gasteiger partial charge < -0.3 is 25.4 Å². The molecule has 2 aromatic carbocycles. The maximum absolute atomic E-state index is 13.1. The Morgan fingerprint density at radius 3 is 2.35 bits per heavy atom. The minimum Gasteiger partial charge on any atom is -0.495 e. The molecule has 1 saturated heterocycles. The van der Waals surface area contributed by atoms with Crippen molar-refractivity contribution in [3.05, 3.63) is 42.0 Å². The quantitative estimate of drug-likeness (QED) is 0.519. The van der Waals surface area contributed by atoms with E-state index in [4.69, 9.17) is 9.47 Å². The van der Waals surface area contributed by atoms with E-state index in [-0.39, 0.29) is 16.7 Å². The number of hydrogen-bond acceptors (Lipinski definition) is 7. The Labute approximate surface area is 199 Å². The molecule has 1 aliphatic rings. The summed E-state index contributed by atoms with van der Waals surface area (Å²) in [4.78, 5) is 24.4. The number of morpholine rings is 1. The molecule has 0 saturated carbocycles. The van der Waals surface area contributed by atoms with Crippen molar-refractivity contribution in [2.24, 2.45) is 0 Å². The van der Waals surface area contributed by atoms with Crippen LogP contribution in [-0.2, 0) is 24.3 Å². The van der Waals surface area contributed by atoms with E-state index in [1.807, 2.05) is 0 Å². The third-order valence-electron chi connectivity index (χ3n) is 5.33. The fourth-order valence-electron chi connectivity index (χ4n) is 3.53. The molecule has 0 spiro atoms. The molecule has 1 fully saturated rings. The Kier molecular flexibility index (Phi) is 8.13. The molecule has 1 heterocycles. The lowest BCUT2D eigenvalue weighted by Gasteiger charge is -2.27. The lowest BCUT2D eigenvalue weighted by atomic mass is 10.2. The van der Waals surface area contributed by atoms with E-state index in [0.717, 1.165) is 0 Å². The van der Waals surface area contributed by atoms with Gasteiger partial charge in [-0.25, -0.2) is 8.42 Å². The number of sulfonamides is 1. The number of benzene rings is 2. The average Bonchev–Trinajstić information content (AvgIpc) is 2.80. The zero-order valence-electron chi connectivity index (χ0n) is 19.7. The van der Waals surface area contributed by atoms with Crippen LogP contribution in [0.5, 0.6) is 5.75 Å². The highest BCUT2D eigenvalue weighted by molar-refractivity contribution is 7.89. The van der Waals surface area contributed by atoms with Gasteiger partial charge in [0.2, 0.25) is 21.8 Å². The van der Waals surface area contributed by atoms with Gasteiger partial charge >= 0.3 is 0 Å². The number of anilines is 3. The first-order valence-corrected chi connectivity index (χ1v) is 12.3. The van der Waals surface area contributed by atoms with E-state index in [1.54, 1.807) is 44.2 Å². The standard InChI is InChI=1S/C23H30N4O6S/c1-15-5-6-19(14-22(15)34(30,31)27-9-11-33-12-10-27)26-23(29)16(2)24-20-13-18(25-17(3)28)7-8-21(20)32-4/h5-8,13-14,16,24H,9-12H2,1-4H3,(H,25,28)(H,26,29). The first-order chi connectivity index (χ1) is 16.1. The summed E-state index contributed by atoms with van der Waals surface area (Å²) in [6.45, 7) is 6.08. The molecule has 0 aromatic heterocycles. The molecule has 2 amide bonds. The predicted octanol–water partition coefficient (Wildman–Crippen LogP) is 2.42. The molecule has 3 N–H and O–H groups in total. The largest absolute Gasteiger partial charge is 0.495 e. The summed E-state index contributed by atoms with van der Waals surface area (Å²) >= 11 is 0. The fraction of sp³-hybridized carbons (Fsp3) is 0.391. The summed E-state index contributed by atoms with van der Waals surface area (Å²) in [5, 5.41) is 8.53. The van der Waals surface area contributed by atoms with Gasteiger partial charge in [-0.15, -0.1) is 0 Å². The van der Waals surface area contributed by atoms with Crippen LogP contribution in [0.3, 0.4) is 0 Å². The number of nitrogens with one attached hydrogen (secondary N) is 3. The van der Waals surface area contributed by atoms with Crippen LogP contribution in [0.1, 0.15) is 19.4 Å². The number of carbonyl (C=O) groups excluding carboxylic acids is 2. The van der Waals surface area contributed by atoms with Crippen molar-refractivity contribution in [3.8, 4) is 5.75 Å². The second-order valence-electron chi connectivity index (χ2n) is 7.95. The van der Waals surface area contributed by atoms with Crippen LogP contribution in [0.4, 0.5) is 17.1 Å². The third kappa shape index (κ3) is 6.04. The lowest BCUT2D eigenvalue weighted by Crippen LogP contribution is -2.40. The SMILES string of the molecule is COc1ccc(NC(C)=O)cc1NC(C)C(=O)Nc1ccc(C)c(S(=O)(=O)N2CCOCC2)c1. The molecule has 3 rings (SSSR count). The molecular weight excluding hydrogens is 460 g/mol. The second kappa shape index (κ2) is 10.9. The third-order valence-corrected chi connectivity index (χ3v) is 7.37. The highest BCUT2D eigenvalue weighted by Gasteiger charge is 2.28. The Hall–Kier alpha value is -3.15. The van der Waals surface area contributed by atoms with Gasteiger partial charge in [0.25, 0.3) is 0 Å². The molecule has 11 heteroatoms. The van der Waals surface area contributed by atoms with Crippen LogP contribution in [0, 0.1) is 6.92 Å². The van der Waals surface area contributed by atoms with Gasteiger partial charge in [-0.2, -0.15) is 4.31 Å². The molecule has 2 aromatic rings. The smallest absolute Gasteiger partial charge is 0.246 e. The summed E-state index contributed by atoms with van der Waals surface area (Å²) in [6.07, 6.45) is 0. The van der Waals surface area contributed by atoms with Gasteiger partial charge in [0.05, 0.1) is 30.9 Å². The van der Waals surface area contributed by atoms with Crippen LogP contribution in [-0.4, -0.2) is 64.0 Å². The molecule has 1 aliphatic heterocycles.